The Bertz CT molecular complexity index is 1010. The number of fused-ring (bicyclic) bond motifs is 1. The van der Waals surface area contributed by atoms with E-state index in [2.05, 4.69) is 15.9 Å². The monoisotopic (exact) mass is 468 g/mol. The van der Waals surface area contributed by atoms with Crippen LogP contribution in [0.25, 0.3) is 0 Å². The summed E-state index contributed by atoms with van der Waals surface area (Å²) in [4.78, 5) is 42.6. The van der Waals surface area contributed by atoms with Crippen LogP contribution in [0.4, 0.5) is 5.69 Å². The molecule has 0 saturated carbocycles. The first kappa shape index (κ1) is 24.1. The molecule has 1 amide bonds. The summed E-state index contributed by atoms with van der Waals surface area (Å²) in [6.07, 6.45) is 4.50. The van der Waals surface area contributed by atoms with E-state index in [0.717, 1.165) is 50.4 Å². The zero-order valence-electron chi connectivity index (χ0n) is 20.0. The summed E-state index contributed by atoms with van der Waals surface area (Å²) in [5.41, 5.74) is 2.85. The van der Waals surface area contributed by atoms with Crippen molar-refractivity contribution in [1.29, 1.82) is 0 Å². The van der Waals surface area contributed by atoms with Crippen molar-refractivity contribution in [1.82, 2.24) is 14.7 Å². The van der Waals surface area contributed by atoms with Crippen molar-refractivity contribution in [3.63, 3.8) is 0 Å². The third kappa shape index (κ3) is 4.90. The number of piperazine rings is 1. The molecule has 0 radical (unpaired) electrons. The lowest BCUT2D eigenvalue weighted by Crippen LogP contribution is -2.49. The first-order chi connectivity index (χ1) is 16.3. The zero-order chi connectivity index (χ0) is 24.4. The van der Waals surface area contributed by atoms with E-state index >= 15 is 0 Å². The topological polar surface area (TPSA) is 96.2 Å². The van der Waals surface area contributed by atoms with Gasteiger partial charge in [-0.1, -0.05) is 18.2 Å². The second-order valence-electron chi connectivity index (χ2n) is 9.49. The molecular formula is C25H32N4O5. The molecule has 2 aliphatic heterocycles. The molecule has 3 aliphatic rings. The van der Waals surface area contributed by atoms with Crippen molar-refractivity contribution in [2.45, 2.75) is 32.9 Å². The molecule has 2 heterocycles. The number of esters is 1. The van der Waals surface area contributed by atoms with Gasteiger partial charge in [-0.15, -0.1) is 0 Å². The van der Waals surface area contributed by atoms with Crippen molar-refractivity contribution < 1.29 is 19.2 Å². The molecule has 9 heteroatoms. The molecule has 0 aromatic heterocycles. The van der Waals surface area contributed by atoms with Gasteiger partial charge in [0.15, 0.2) is 0 Å². The van der Waals surface area contributed by atoms with Crippen LogP contribution in [0.1, 0.15) is 25.8 Å². The van der Waals surface area contributed by atoms with Crippen LogP contribution in [0.15, 0.2) is 47.7 Å². The number of nitro benzene ring substituents is 1. The zero-order valence-corrected chi connectivity index (χ0v) is 20.0. The van der Waals surface area contributed by atoms with Crippen LogP contribution in [0.5, 0.6) is 0 Å². The molecule has 9 nitrogen and oxygen atoms in total. The molecule has 1 saturated heterocycles. The van der Waals surface area contributed by atoms with Crippen LogP contribution in [0, 0.1) is 22.0 Å². The third-order valence-electron chi connectivity index (χ3n) is 7.04. The maximum atomic E-state index is 13.3. The number of nitrogens with zero attached hydrogens (tertiary/aromatic N) is 4. The van der Waals surface area contributed by atoms with Crippen molar-refractivity contribution in [3.8, 4) is 0 Å². The quantitative estimate of drug-likeness (QED) is 0.263. The van der Waals surface area contributed by atoms with Gasteiger partial charge in [0.25, 0.3) is 5.69 Å². The minimum atomic E-state index is -0.383. The van der Waals surface area contributed by atoms with Gasteiger partial charge >= 0.3 is 5.97 Å². The maximum absolute atomic E-state index is 13.3. The Morgan fingerprint density at radius 1 is 1.12 bits per heavy atom. The van der Waals surface area contributed by atoms with Crippen LogP contribution in [0.2, 0.25) is 0 Å². The summed E-state index contributed by atoms with van der Waals surface area (Å²) in [5.74, 6) is -0.746. The van der Waals surface area contributed by atoms with E-state index in [0.29, 0.717) is 12.0 Å². The van der Waals surface area contributed by atoms with Gasteiger partial charge < -0.3 is 9.64 Å². The van der Waals surface area contributed by atoms with E-state index in [1.54, 1.807) is 23.2 Å². The molecule has 34 heavy (non-hydrogen) atoms. The predicted molar refractivity (Wildman–Crippen MR) is 127 cm³/mol. The number of ether oxygens (including phenoxy) is 1. The van der Waals surface area contributed by atoms with Crippen LogP contribution in [-0.2, 0) is 20.9 Å². The van der Waals surface area contributed by atoms with Gasteiger partial charge in [-0.05, 0) is 31.4 Å². The molecule has 0 N–H and O–H groups in total. The second kappa shape index (κ2) is 10.1. The average Bonchev–Trinajstić information content (AvgIpc) is 3.24. The van der Waals surface area contributed by atoms with Gasteiger partial charge in [0, 0.05) is 69.6 Å². The molecule has 1 aromatic rings. The molecule has 0 spiro atoms. The number of carbonyl (C=O) groups excluding carboxylic acids is 2. The van der Waals surface area contributed by atoms with E-state index in [-0.39, 0.29) is 40.4 Å². The summed E-state index contributed by atoms with van der Waals surface area (Å²) < 4.78 is 5.01. The summed E-state index contributed by atoms with van der Waals surface area (Å²) in [5, 5.41) is 10.8. The Morgan fingerprint density at radius 3 is 2.29 bits per heavy atom. The standard InChI is InChI=1S/C25H32N4O5/c1-17(2)28-16-22(25(31)34-3)21-9-6-19(23(21)24(28)30)15-27-12-10-26(11-13-27)14-18-4-7-20(8-5-18)29(32)33/h4-8,16-17,21,23H,9-15H2,1-3H3/t21-,23-/m1/s1. The first-order valence-corrected chi connectivity index (χ1v) is 11.8. The number of amides is 1. The number of carbonyl (C=O) groups is 2. The molecule has 0 unspecified atom stereocenters. The Labute approximate surface area is 199 Å². The summed E-state index contributed by atoms with van der Waals surface area (Å²) in [7, 11) is 1.38. The highest BCUT2D eigenvalue weighted by molar-refractivity contribution is 5.95. The summed E-state index contributed by atoms with van der Waals surface area (Å²) in [6.45, 7) is 8.91. The molecule has 0 bridgehead atoms. The van der Waals surface area contributed by atoms with Gasteiger partial charge in [-0.2, -0.15) is 0 Å². The third-order valence-corrected chi connectivity index (χ3v) is 7.04. The molecule has 1 aliphatic carbocycles. The summed E-state index contributed by atoms with van der Waals surface area (Å²) in [6, 6.07) is 6.70. The molecule has 182 valence electrons. The minimum Gasteiger partial charge on any atom is -0.466 e. The minimum absolute atomic E-state index is 0.0297. The fourth-order valence-electron chi connectivity index (χ4n) is 5.14. The SMILES string of the molecule is COC(=O)C1=CN(C(C)C)C(=O)[C@@H]2C(CN3CCN(Cc4ccc([N+](=O)[O-])cc4)CC3)=CC[C@H]12. The highest BCUT2D eigenvalue weighted by Crippen LogP contribution is 2.42. The van der Waals surface area contributed by atoms with E-state index in [4.69, 9.17) is 4.74 Å². The lowest BCUT2D eigenvalue weighted by Gasteiger charge is -2.38. The first-order valence-electron chi connectivity index (χ1n) is 11.8. The second-order valence-corrected chi connectivity index (χ2v) is 9.49. The molecular weight excluding hydrogens is 436 g/mol. The van der Waals surface area contributed by atoms with Crippen LogP contribution in [0.3, 0.4) is 0 Å². The van der Waals surface area contributed by atoms with Crippen molar-refractivity contribution in [3.05, 3.63) is 63.4 Å². The van der Waals surface area contributed by atoms with Gasteiger partial charge in [0.05, 0.1) is 23.5 Å². The fraction of sp³-hybridized carbons (Fsp3) is 0.520. The molecule has 1 aromatic carbocycles. The maximum Gasteiger partial charge on any atom is 0.335 e. The Hall–Kier alpha value is -3.04. The smallest absolute Gasteiger partial charge is 0.335 e. The molecule has 4 rings (SSSR count). The van der Waals surface area contributed by atoms with Crippen LogP contribution in [-0.4, -0.2) is 77.4 Å². The van der Waals surface area contributed by atoms with Crippen molar-refractivity contribution in [2.24, 2.45) is 11.8 Å². The highest BCUT2D eigenvalue weighted by atomic mass is 16.6. The van der Waals surface area contributed by atoms with Gasteiger partial charge in [0.2, 0.25) is 5.91 Å². The molecule has 1 fully saturated rings. The predicted octanol–water partition coefficient (Wildman–Crippen LogP) is 2.58. The largest absolute Gasteiger partial charge is 0.466 e. The Morgan fingerprint density at radius 2 is 1.74 bits per heavy atom. The number of allylic oxidation sites excluding steroid dienone is 1. The van der Waals surface area contributed by atoms with E-state index < -0.39 is 0 Å². The lowest BCUT2D eigenvalue weighted by molar-refractivity contribution is -0.384. The highest BCUT2D eigenvalue weighted by Gasteiger charge is 2.45. The van der Waals surface area contributed by atoms with Gasteiger partial charge in [0.1, 0.15) is 0 Å². The number of benzene rings is 1. The number of non-ortho nitro benzene ring substituents is 1. The number of rotatable bonds is 7. The average molecular weight is 469 g/mol. The van der Waals surface area contributed by atoms with E-state index in [9.17, 15) is 19.7 Å². The summed E-state index contributed by atoms with van der Waals surface area (Å²) >= 11 is 0. The molecule has 2 atom stereocenters. The van der Waals surface area contributed by atoms with Gasteiger partial charge in [-0.25, -0.2) is 4.79 Å². The van der Waals surface area contributed by atoms with E-state index in [1.165, 1.54) is 7.11 Å². The normalized spacial score (nSPS) is 23.5. The van der Waals surface area contributed by atoms with Crippen LogP contribution < -0.4 is 0 Å². The lowest BCUT2D eigenvalue weighted by atomic mass is 9.81. The Balaban J connectivity index is 1.36. The number of methoxy groups -OCH3 is 1. The van der Waals surface area contributed by atoms with Crippen LogP contribution >= 0.6 is 0 Å². The number of nitro groups is 1. The number of hydrogen-bond acceptors (Lipinski definition) is 7. The fourth-order valence-corrected chi connectivity index (χ4v) is 5.14. The Kier molecular flexibility index (Phi) is 7.13. The van der Waals surface area contributed by atoms with Crippen molar-refractivity contribution >= 4 is 17.6 Å². The van der Waals surface area contributed by atoms with Gasteiger partial charge in [-0.3, -0.25) is 24.7 Å². The van der Waals surface area contributed by atoms with Crippen molar-refractivity contribution in [2.75, 3.05) is 39.8 Å². The number of hydrogen-bond donors (Lipinski definition) is 0. The van der Waals surface area contributed by atoms with E-state index in [1.807, 2.05) is 26.0 Å².